The van der Waals surface area contributed by atoms with Gasteiger partial charge >= 0.3 is 0 Å². The van der Waals surface area contributed by atoms with E-state index in [1.54, 1.807) is 17.8 Å². The highest BCUT2D eigenvalue weighted by Gasteiger charge is 2.26. The topological polar surface area (TPSA) is 59.0 Å². The molecule has 2 aliphatic heterocycles. The molecule has 4 rings (SSSR count). The van der Waals surface area contributed by atoms with Crippen molar-refractivity contribution in [2.45, 2.75) is 38.1 Å². The second kappa shape index (κ2) is 13.3. The molecule has 8 heteroatoms. The van der Waals surface area contributed by atoms with Gasteiger partial charge in [0.25, 0.3) is 0 Å². The Bertz CT molecular complexity index is 783. The van der Waals surface area contributed by atoms with Crippen LogP contribution in [0.5, 0.6) is 0 Å². The number of hydrogen-bond acceptors (Lipinski definition) is 7. The molecule has 4 aliphatic rings. The molecule has 0 aromatic rings. The summed E-state index contributed by atoms with van der Waals surface area (Å²) in [6.45, 7) is 7.23. The molecular weight excluding hydrogens is 439 g/mol. The second-order valence-corrected chi connectivity index (χ2v) is 10.2. The number of likely N-dealkylation sites (N-methyl/N-ethyl adjacent to an activating group) is 1. The zero-order chi connectivity index (χ0) is 23.6. The van der Waals surface area contributed by atoms with E-state index in [0.717, 1.165) is 37.4 Å². The molecule has 1 saturated heterocycles. The highest BCUT2D eigenvalue weighted by atomic mass is 32.2. The molecule has 0 aromatic heterocycles. The molecule has 6 nitrogen and oxygen atoms in total. The van der Waals surface area contributed by atoms with Crippen molar-refractivity contribution in [3.63, 3.8) is 0 Å². The molecular formula is C25H39FN4O2S. The lowest BCUT2D eigenvalue weighted by Crippen LogP contribution is -2.51. The highest BCUT2D eigenvalue weighted by Crippen LogP contribution is 2.29. The maximum Gasteiger partial charge on any atom is 0.164 e. The summed E-state index contributed by atoms with van der Waals surface area (Å²) in [6.07, 6.45) is 11.4. The van der Waals surface area contributed by atoms with E-state index in [4.69, 9.17) is 0 Å². The Hall–Kier alpha value is -1.61. The number of halogens is 1. The van der Waals surface area contributed by atoms with Gasteiger partial charge in [0, 0.05) is 75.1 Å². The Morgan fingerprint density at radius 2 is 2.00 bits per heavy atom. The summed E-state index contributed by atoms with van der Waals surface area (Å²) >= 11 is 1.68. The molecule has 0 unspecified atom stereocenters. The minimum absolute atomic E-state index is 0.307. The summed E-state index contributed by atoms with van der Waals surface area (Å²) in [4.78, 5) is 19.1. The van der Waals surface area contributed by atoms with Gasteiger partial charge in [-0.2, -0.15) is 0 Å². The number of aliphatic hydroxyl groups is 1. The van der Waals surface area contributed by atoms with Crippen molar-refractivity contribution in [2.24, 2.45) is 0 Å². The Balaban J connectivity index is 0.000000231. The third kappa shape index (κ3) is 7.98. The molecule has 0 spiro atoms. The lowest BCUT2D eigenvalue weighted by atomic mass is 9.91. The Morgan fingerprint density at radius 1 is 1.24 bits per heavy atom. The average Bonchev–Trinajstić information content (AvgIpc) is 2.94. The number of aliphatic hydroxyl groups excluding tert-OH is 1. The first kappa shape index (κ1) is 26.0. The van der Waals surface area contributed by atoms with Gasteiger partial charge < -0.3 is 20.1 Å². The van der Waals surface area contributed by atoms with Crippen molar-refractivity contribution in [1.29, 1.82) is 0 Å². The molecule has 33 heavy (non-hydrogen) atoms. The van der Waals surface area contributed by atoms with E-state index in [2.05, 4.69) is 27.1 Å². The number of piperazine rings is 1. The molecule has 0 radical (unpaired) electrons. The van der Waals surface area contributed by atoms with Crippen LogP contribution in [-0.4, -0.2) is 97.8 Å². The SMILES string of the molecule is CN1CCN(C2CCC2)CC1.CNC1=C(SCC2=CC(O)=C(F)C=CC2)CN(CC=O)CC1. The highest BCUT2D eigenvalue weighted by molar-refractivity contribution is 8.03. The summed E-state index contributed by atoms with van der Waals surface area (Å²) in [6, 6.07) is 0.962. The molecule has 2 fully saturated rings. The molecule has 2 N–H and O–H groups in total. The van der Waals surface area contributed by atoms with E-state index in [-0.39, 0.29) is 5.76 Å². The van der Waals surface area contributed by atoms with Crippen LogP contribution in [-0.2, 0) is 4.79 Å². The first-order valence-corrected chi connectivity index (χ1v) is 13.0. The second-order valence-electron chi connectivity index (χ2n) is 9.16. The Labute approximate surface area is 202 Å². The van der Waals surface area contributed by atoms with Gasteiger partial charge in [0.05, 0.1) is 6.54 Å². The van der Waals surface area contributed by atoms with E-state index in [1.165, 1.54) is 68.2 Å². The minimum Gasteiger partial charge on any atom is -0.505 e. The predicted octanol–water partition coefficient (Wildman–Crippen LogP) is 3.47. The van der Waals surface area contributed by atoms with Crippen LogP contribution in [0.2, 0.25) is 0 Å². The van der Waals surface area contributed by atoms with Gasteiger partial charge in [-0.25, -0.2) is 4.39 Å². The average molecular weight is 479 g/mol. The maximum absolute atomic E-state index is 13.3. The summed E-state index contributed by atoms with van der Waals surface area (Å²) < 4.78 is 13.3. The maximum atomic E-state index is 13.3. The number of carbonyl (C=O) groups is 1. The minimum atomic E-state index is -0.593. The van der Waals surface area contributed by atoms with E-state index in [9.17, 15) is 14.3 Å². The summed E-state index contributed by atoms with van der Waals surface area (Å²) in [5, 5.41) is 12.8. The number of nitrogens with one attached hydrogen (secondary N) is 1. The van der Waals surface area contributed by atoms with Crippen LogP contribution < -0.4 is 5.32 Å². The molecule has 0 atom stereocenters. The quantitative estimate of drug-likeness (QED) is 0.544. The fraction of sp³-hybridized carbons (Fsp3) is 0.640. The molecule has 0 amide bonds. The fourth-order valence-electron chi connectivity index (χ4n) is 4.39. The van der Waals surface area contributed by atoms with Crippen LogP contribution >= 0.6 is 11.8 Å². The number of aldehydes is 1. The zero-order valence-electron chi connectivity index (χ0n) is 20.1. The monoisotopic (exact) mass is 478 g/mol. The van der Waals surface area contributed by atoms with Gasteiger partial charge in [0.2, 0.25) is 0 Å². The molecule has 184 valence electrons. The number of nitrogens with zero attached hydrogens (tertiary/aromatic N) is 3. The van der Waals surface area contributed by atoms with Crippen LogP contribution in [0.4, 0.5) is 4.39 Å². The van der Waals surface area contributed by atoms with Crippen molar-refractivity contribution >= 4 is 18.0 Å². The lowest BCUT2D eigenvalue weighted by Gasteiger charge is -2.42. The van der Waals surface area contributed by atoms with Crippen molar-refractivity contribution in [3.05, 3.63) is 46.0 Å². The normalized spacial score (nSPS) is 23.4. The van der Waals surface area contributed by atoms with Crippen LogP contribution in [0.3, 0.4) is 0 Å². The number of allylic oxidation sites excluding steroid dienone is 4. The summed E-state index contributed by atoms with van der Waals surface area (Å²) in [7, 11) is 4.13. The largest absolute Gasteiger partial charge is 0.505 e. The van der Waals surface area contributed by atoms with Gasteiger partial charge in [0.1, 0.15) is 6.29 Å². The van der Waals surface area contributed by atoms with Crippen molar-refractivity contribution in [3.8, 4) is 0 Å². The number of thioether (sulfide) groups is 1. The van der Waals surface area contributed by atoms with Crippen LogP contribution in [0, 0.1) is 0 Å². The smallest absolute Gasteiger partial charge is 0.164 e. The summed E-state index contributed by atoms with van der Waals surface area (Å²) in [5.74, 6) is -0.208. The fourth-order valence-corrected chi connectivity index (χ4v) is 5.60. The van der Waals surface area contributed by atoms with Gasteiger partial charge in [-0.1, -0.05) is 18.1 Å². The van der Waals surface area contributed by atoms with E-state index in [1.807, 2.05) is 7.05 Å². The van der Waals surface area contributed by atoms with Crippen molar-refractivity contribution in [2.75, 3.05) is 65.7 Å². The van der Waals surface area contributed by atoms with E-state index in [0.29, 0.717) is 18.7 Å². The molecule has 2 heterocycles. The first-order valence-electron chi connectivity index (χ1n) is 12.1. The molecule has 0 aromatic carbocycles. The zero-order valence-corrected chi connectivity index (χ0v) is 20.9. The Morgan fingerprint density at radius 3 is 2.64 bits per heavy atom. The van der Waals surface area contributed by atoms with Crippen LogP contribution in [0.1, 0.15) is 32.1 Å². The van der Waals surface area contributed by atoms with E-state index < -0.39 is 5.83 Å². The van der Waals surface area contributed by atoms with Gasteiger partial charge in [0.15, 0.2) is 11.6 Å². The Kier molecular flexibility index (Phi) is 10.5. The predicted molar refractivity (Wildman–Crippen MR) is 135 cm³/mol. The van der Waals surface area contributed by atoms with Gasteiger partial charge in [-0.15, -0.1) is 11.8 Å². The third-order valence-electron chi connectivity index (χ3n) is 6.81. The van der Waals surface area contributed by atoms with Gasteiger partial charge in [-0.05, 0) is 38.5 Å². The number of carbonyl (C=O) groups excluding carboxylic acids is 1. The van der Waals surface area contributed by atoms with Gasteiger partial charge in [-0.3, -0.25) is 9.80 Å². The molecule has 1 saturated carbocycles. The standard InChI is InChI=1S/C16H21FN2O2S.C9H18N2/c1-18-14-5-6-19(7-8-20)10-16(14)22-11-12-3-2-4-13(17)15(21)9-12;1-10-5-7-11(8-6-10)9-3-2-4-9/h2,4,8-9,18,21H,3,5-7,10-11H2,1H3;9H,2-8H2,1H3. The lowest BCUT2D eigenvalue weighted by molar-refractivity contribution is -0.108. The third-order valence-corrected chi connectivity index (χ3v) is 8.05. The molecule has 0 bridgehead atoms. The summed E-state index contributed by atoms with van der Waals surface area (Å²) in [5.41, 5.74) is 2.17. The van der Waals surface area contributed by atoms with E-state index >= 15 is 0 Å². The van der Waals surface area contributed by atoms with Crippen LogP contribution in [0.25, 0.3) is 0 Å². The van der Waals surface area contributed by atoms with Crippen LogP contribution in [0.15, 0.2) is 46.0 Å². The van der Waals surface area contributed by atoms with Crippen molar-refractivity contribution < 1.29 is 14.3 Å². The number of hydrogen-bond donors (Lipinski definition) is 2. The number of rotatable bonds is 7. The van der Waals surface area contributed by atoms with Crippen molar-refractivity contribution in [1.82, 2.24) is 20.0 Å². The molecule has 2 aliphatic carbocycles. The first-order chi connectivity index (χ1) is 16.0.